The molecule has 20 heavy (non-hydrogen) atoms. The quantitative estimate of drug-likeness (QED) is 0.486. The van der Waals surface area contributed by atoms with E-state index in [-0.39, 0.29) is 11.4 Å². The number of ether oxygens (including phenoxy) is 1. The molecule has 0 aliphatic heterocycles. The summed E-state index contributed by atoms with van der Waals surface area (Å²) in [4.78, 5) is 10.4. The highest BCUT2D eigenvalue weighted by atomic mass is 16.6. The van der Waals surface area contributed by atoms with Crippen molar-refractivity contribution >= 4 is 11.4 Å². The number of nitro groups is 1. The van der Waals surface area contributed by atoms with Crippen molar-refractivity contribution in [2.75, 3.05) is 19.0 Å². The van der Waals surface area contributed by atoms with Crippen LogP contribution in [0.5, 0.6) is 5.75 Å². The zero-order chi connectivity index (χ0) is 14.4. The van der Waals surface area contributed by atoms with Crippen molar-refractivity contribution in [1.29, 1.82) is 0 Å². The highest BCUT2D eigenvalue weighted by Crippen LogP contribution is 2.29. The van der Waals surface area contributed by atoms with Crippen LogP contribution in [-0.2, 0) is 0 Å². The van der Waals surface area contributed by atoms with Gasteiger partial charge < -0.3 is 10.1 Å². The van der Waals surface area contributed by atoms with E-state index in [0.29, 0.717) is 0 Å². The van der Waals surface area contributed by atoms with Gasteiger partial charge in [-0.15, -0.1) is 0 Å². The fourth-order valence-corrected chi connectivity index (χ4v) is 2.44. The molecule has 1 N–H and O–H groups in total. The summed E-state index contributed by atoms with van der Waals surface area (Å²) in [6.45, 7) is 0.840. The molecule has 2 rings (SSSR count). The van der Waals surface area contributed by atoms with Gasteiger partial charge in [0.15, 0.2) is 5.75 Å². The molecule has 0 atom stereocenters. The molecule has 0 heterocycles. The van der Waals surface area contributed by atoms with E-state index in [0.717, 1.165) is 18.7 Å². The second-order valence-electron chi connectivity index (χ2n) is 4.93. The van der Waals surface area contributed by atoms with Crippen molar-refractivity contribution in [2.24, 2.45) is 0 Å². The molecule has 1 aromatic carbocycles. The molecule has 0 fully saturated rings. The first-order valence-corrected chi connectivity index (χ1v) is 6.95. The summed E-state index contributed by atoms with van der Waals surface area (Å²) in [7, 11) is 1.44. The summed E-state index contributed by atoms with van der Waals surface area (Å²) in [5.41, 5.74) is 2.36. The normalized spacial score (nSPS) is 14.6. The van der Waals surface area contributed by atoms with Gasteiger partial charge >= 0.3 is 5.69 Å². The number of nitrogens with zero attached hydrogens (tertiary/aromatic N) is 1. The smallest absolute Gasteiger partial charge is 0.311 e. The molecule has 0 radical (unpaired) electrons. The van der Waals surface area contributed by atoms with Gasteiger partial charge in [-0.25, -0.2) is 0 Å². The Morgan fingerprint density at radius 1 is 1.40 bits per heavy atom. The van der Waals surface area contributed by atoms with Crippen molar-refractivity contribution in [1.82, 2.24) is 0 Å². The van der Waals surface area contributed by atoms with E-state index >= 15 is 0 Å². The standard InChI is InChI=1S/C15H20N2O3/c1-20-15-11-13(7-8-14(15)17(18)19)16-10-9-12-5-3-2-4-6-12/h5,7-8,11,16H,2-4,6,9-10H2,1H3. The fraction of sp³-hybridized carbons (Fsp3) is 0.467. The lowest BCUT2D eigenvalue weighted by Crippen LogP contribution is -2.05. The summed E-state index contributed by atoms with van der Waals surface area (Å²) >= 11 is 0. The Morgan fingerprint density at radius 2 is 2.25 bits per heavy atom. The van der Waals surface area contributed by atoms with E-state index in [1.54, 1.807) is 12.1 Å². The van der Waals surface area contributed by atoms with Crippen LogP contribution in [0.2, 0.25) is 0 Å². The molecule has 5 heteroatoms. The number of rotatable bonds is 6. The highest BCUT2D eigenvalue weighted by Gasteiger charge is 2.14. The van der Waals surface area contributed by atoms with Crippen LogP contribution in [0.1, 0.15) is 32.1 Å². The van der Waals surface area contributed by atoms with Crippen LogP contribution in [0.4, 0.5) is 11.4 Å². The molecule has 1 aliphatic carbocycles. The van der Waals surface area contributed by atoms with Crippen LogP contribution >= 0.6 is 0 Å². The Hall–Kier alpha value is -2.04. The molecular weight excluding hydrogens is 256 g/mol. The number of anilines is 1. The molecular formula is C15H20N2O3. The second-order valence-corrected chi connectivity index (χ2v) is 4.93. The van der Waals surface area contributed by atoms with Crippen molar-refractivity contribution in [3.63, 3.8) is 0 Å². The van der Waals surface area contributed by atoms with Gasteiger partial charge in [-0.2, -0.15) is 0 Å². The Kier molecular flexibility index (Phi) is 4.98. The first-order chi connectivity index (χ1) is 9.70. The summed E-state index contributed by atoms with van der Waals surface area (Å²) in [5.74, 6) is 0.289. The Labute approximate surface area is 118 Å². The number of hydrogen-bond donors (Lipinski definition) is 1. The van der Waals surface area contributed by atoms with E-state index in [1.807, 2.05) is 0 Å². The Morgan fingerprint density at radius 3 is 2.90 bits per heavy atom. The van der Waals surface area contributed by atoms with E-state index in [9.17, 15) is 10.1 Å². The van der Waals surface area contributed by atoms with Crippen LogP contribution in [0, 0.1) is 10.1 Å². The lowest BCUT2D eigenvalue weighted by Gasteiger charge is -2.13. The van der Waals surface area contributed by atoms with Crippen molar-refractivity contribution in [3.05, 3.63) is 40.0 Å². The summed E-state index contributed by atoms with van der Waals surface area (Å²) < 4.78 is 5.05. The van der Waals surface area contributed by atoms with Crippen molar-refractivity contribution in [3.8, 4) is 5.75 Å². The fourth-order valence-electron chi connectivity index (χ4n) is 2.44. The average Bonchev–Trinajstić information content (AvgIpc) is 2.48. The lowest BCUT2D eigenvalue weighted by atomic mass is 9.97. The second kappa shape index (κ2) is 6.93. The molecule has 5 nitrogen and oxygen atoms in total. The van der Waals surface area contributed by atoms with Crippen molar-refractivity contribution < 1.29 is 9.66 Å². The first kappa shape index (κ1) is 14.4. The number of nitrogens with one attached hydrogen (secondary N) is 1. The molecule has 1 aromatic rings. The SMILES string of the molecule is COc1cc(NCCC2=CCCCC2)ccc1[N+](=O)[O-]. The third-order valence-electron chi connectivity index (χ3n) is 3.54. The van der Waals surface area contributed by atoms with Gasteiger partial charge in [0.2, 0.25) is 0 Å². The van der Waals surface area contributed by atoms with Crippen LogP contribution in [0.25, 0.3) is 0 Å². The van der Waals surface area contributed by atoms with Gasteiger partial charge in [0.1, 0.15) is 0 Å². The number of methoxy groups -OCH3 is 1. The van der Waals surface area contributed by atoms with E-state index in [1.165, 1.54) is 44.4 Å². The maximum Gasteiger partial charge on any atom is 0.311 e. The van der Waals surface area contributed by atoms with Gasteiger partial charge in [0.25, 0.3) is 0 Å². The average molecular weight is 276 g/mol. The molecule has 0 amide bonds. The molecule has 108 valence electrons. The molecule has 0 bridgehead atoms. The third-order valence-corrected chi connectivity index (χ3v) is 3.54. The third kappa shape index (κ3) is 3.73. The van der Waals surface area contributed by atoms with Crippen LogP contribution in [0.3, 0.4) is 0 Å². The lowest BCUT2D eigenvalue weighted by molar-refractivity contribution is -0.385. The molecule has 0 saturated heterocycles. The Bertz CT molecular complexity index is 512. The summed E-state index contributed by atoms with van der Waals surface area (Å²) in [5, 5.41) is 14.1. The molecule has 0 saturated carbocycles. The van der Waals surface area contributed by atoms with Gasteiger partial charge in [-0.1, -0.05) is 11.6 Å². The minimum absolute atomic E-state index is 0.00645. The number of nitro benzene ring substituents is 1. The predicted molar refractivity (Wildman–Crippen MR) is 79.3 cm³/mol. The minimum atomic E-state index is -0.435. The van der Waals surface area contributed by atoms with Crippen LogP contribution < -0.4 is 10.1 Å². The summed E-state index contributed by atoms with van der Waals surface area (Å²) in [6, 6.07) is 4.87. The highest BCUT2D eigenvalue weighted by molar-refractivity contribution is 5.57. The number of hydrogen-bond acceptors (Lipinski definition) is 4. The Balaban J connectivity index is 1.92. The van der Waals surface area contributed by atoms with Gasteiger partial charge in [0, 0.05) is 24.4 Å². The van der Waals surface area contributed by atoms with Crippen LogP contribution in [0.15, 0.2) is 29.8 Å². The zero-order valence-electron chi connectivity index (χ0n) is 11.7. The molecule has 1 aliphatic rings. The van der Waals surface area contributed by atoms with E-state index in [2.05, 4.69) is 11.4 Å². The largest absolute Gasteiger partial charge is 0.490 e. The van der Waals surface area contributed by atoms with Gasteiger partial charge in [0.05, 0.1) is 12.0 Å². The van der Waals surface area contributed by atoms with Crippen molar-refractivity contribution in [2.45, 2.75) is 32.1 Å². The van der Waals surface area contributed by atoms with E-state index < -0.39 is 4.92 Å². The van der Waals surface area contributed by atoms with Gasteiger partial charge in [-0.05, 0) is 38.2 Å². The number of benzene rings is 1. The topological polar surface area (TPSA) is 64.4 Å². The predicted octanol–water partition coefficient (Wildman–Crippen LogP) is 3.91. The minimum Gasteiger partial charge on any atom is -0.490 e. The van der Waals surface area contributed by atoms with E-state index in [4.69, 9.17) is 4.74 Å². The summed E-state index contributed by atoms with van der Waals surface area (Å²) in [6.07, 6.45) is 8.35. The molecule has 0 unspecified atom stereocenters. The zero-order valence-corrected chi connectivity index (χ0v) is 11.7. The van der Waals surface area contributed by atoms with Crippen LogP contribution in [-0.4, -0.2) is 18.6 Å². The van der Waals surface area contributed by atoms with Gasteiger partial charge in [-0.3, -0.25) is 10.1 Å². The molecule has 0 spiro atoms. The number of allylic oxidation sites excluding steroid dienone is 1. The maximum absolute atomic E-state index is 10.8. The molecule has 0 aromatic heterocycles. The maximum atomic E-state index is 10.8. The first-order valence-electron chi connectivity index (χ1n) is 6.95. The monoisotopic (exact) mass is 276 g/mol.